The van der Waals surface area contributed by atoms with E-state index in [-0.39, 0.29) is 0 Å². The number of nitrogens with zero attached hydrogens (tertiary/aromatic N) is 4. The van der Waals surface area contributed by atoms with Gasteiger partial charge in [-0.2, -0.15) is 5.10 Å². The third-order valence-corrected chi connectivity index (χ3v) is 3.13. The molecule has 2 heterocycles. The van der Waals surface area contributed by atoms with Crippen LogP contribution in [0, 0.1) is 0 Å². The van der Waals surface area contributed by atoms with Gasteiger partial charge in [0.05, 0.1) is 24.5 Å². The Morgan fingerprint density at radius 2 is 1.95 bits per heavy atom. The lowest BCUT2D eigenvalue weighted by atomic mass is 10.3. The first-order chi connectivity index (χ1) is 9.86. The van der Waals surface area contributed by atoms with Crippen molar-refractivity contribution in [1.29, 1.82) is 0 Å². The van der Waals surface area contributed by atoms with Gasteiger partial charge in [-0.05, 0) is 25.2 Å². The summed E-state index contributed by atoms with van der Waals surface area (Å²) in [6.45, 7) is 1.49. The minimum Gasteiger partial charge on any atom is -0.328 e. The van der Waals surface area contributed by atoms with Crippen LogP contribution in [0.4, 0.5) is 0 Å². The zero-order valence-corrected chi connectivity index (χ0v) is 11.4. The second-order valence-electron chi connectivity index (χ2n) is 4.59. The van der Waals surface area contributed by atoms with Crippen LogP contribution in [0.15, 0.2) is 55.0 Å². The second kappa shape index (κ2) is 5.71. The molecule has 0 bridgehead atoms. The highest BCUT2D eigenvalue weighted by molar-refractivity contribution is 5.30. The number of nitrogens with one attached hydrogen (secondary N) is 1. The standard InChI is InChI=1S/C15H17N5/c1-16-11-15-17-8-10-19(15)12-13-7-9-20(18-13)14-5-3-2-4-6-14/h2-10,16H,11-12H2,1H3. The van der Waals surface area contributed by atoms with Gasteiger partial charge in [0.2, 0.25) is 0 Å². The van der Waals surface area contributed by atoms with Gasteiger partial charge in [-0.1, -0.05) is 18.2 Å². The van der Waals surface area contributed by atoms with E-state index >= 15 is 0 Å². The Hall–Kier alpha value is -2.40. The minimum absolute atomic E-state index is 0.733. The summed E-state index contributed by atoms with van der Waals surface area (Å²) in [7, 11) is 1.92. The maximum atomic E-state index is 4.60. The summed E-state index contributed by atoms with van der Waals surface area (Å²) in [5.74, 6) is 1.02. The molecule has 3 rings (SSSR count). The first-order valence-corrected chi connectivity index (χ1v) is 6.61. The van der Waals surface area contributed by atoms with Crippen molar-refractivity contribution in [2.45, 2.75) is 13.1 Å². The maximum absolute atomic E-state index is 4.60. The van der Waals surface area contributed by atoms with Crippen LogP contribution in [0.2, 0.25) is 0 Å². The van der Waals surface area contributed by atoms with Crippen molar-refractivity contribution >= 4 is 0 Å². The lowest BCUT2D eigenvalue weighted by Crippen LogP contribution is -2.13. The molecule has 2 aromatic heterocycles. The molecular weight excluding hydrogens is 250 g/mol. The fraction of sp³-hybridized carbons (Fsp3) is 0.200. The third kappa shape index (κ3) is 2.62. The second-order valence-corrected chi connectivity index (χ2v) is 4.59. The van der Waals surface area contributed by atoms with Gasteiger partial charge in [-0.3, -0.25) is 0 Å². The lowest BCUT2D eigenvalue weighted by molar-refractivity contribution is 0.659. The van der Waals surface area contributed by atoms with Gasteiger partial charge in [0.1, 0.15) is 5.82 Å². The molecule has 1 N–H and O–H groups in total. The molecule has 102 valence electrons. The fourth-order valence-corrected chi connectivity index (χ4v) is 2.15. The van der Waals surface area contributed by atoms with E-state index in [0.717, 1.165) is 30.3 Å². The van der Waals surface area contributed by atoms with Crippen molar-refractivity contribution in [1.82, 2.24) is 24.6 Å². The number of aromatic nitrogens is 4. The Morgan fingerprint density at radius 3 is 2.75 bits per heavy atom. The van der Waals surface area contributed by atoms with Gasteiger partial charge in [0, 0.05) is 18.6 Å². The van der Waals surface area contributed by atoms with E-state index in [1.54, 1.807) is 0 Å². The number of para-hydroxylation sites is 1. The van der Waals surface area contributed by atoms with Gasteiger partial charge >= 0.3 is 0 Å². The molecule has 20 heavy (non-hydrogen) atoms. The van der Waals surface area contributed by atoms with Crippen molar-refractivity contribution in [3.05, 3.63) is 66.5 Å². The van der Waals surface area contributed by atoms with Crippen molar-refractivity contribution in [2.24, 2.45) is 0 Å². The van der Waals surface area contributed by atoms with Crippen molar-refractivity contribution in [3.8, 4) is 5.69 Å². The van der Waals surface area contributed by atoms with E-state index in [4.69, 9.17) is 0 Å². The molecular formula is C15H17N5. The summed E-state index contributed by atoms with van der Waals surface area (Å²) in [5.41, 5.74) is 2.09. The van der Waals surface area contributed by atoms with Crippen molar-refractivity contribution < 1.29 is 0 Å². The molecule has 0 aliphatic heterocycles. The van der Waals surface area contributed by atoms with Crippen molar-refractivity contribution in [2.75, 3.05) is 7.05 Å². The van der Waals surface area contributed by atoms with Crippen LogP contribution >= 0.6 is 0 Å². The Balaban J connectivity index is 1.79. The Labute approximate surface area is 117 Å². The Morgan fingerprint density at radius 1 is 1.10 bits per heavy atom. The Bertz CT molecular complexity index is 668. The summed E-state index contributed by atoms with van der Waals surface area (Å²) < 4.78 is 4.00. The summed E-state index contributed by atoms with van der Waals surface area (Å²) >= 11 is 0. The highest BCUT2D eigenvalue weighted by Crippen LogP contribution is 2.09. The van der Waals surface area contributed by atoms with E-state index < -0.39 is 0 Å². The molecule has 0 atom stereocenters. The number of hydrogen-bond donors (Lipinski definition) is 1. The molecule has 5 nitrogen and oxygen atoms in total. The molecule has 0 saturated heterocycles. The first kappa shape index (κ1) is 12.6. The number of benzene rings is 1. The largest absolute Gasteiger partial charge is 0.328 e. The average Bonchev–Trinajstić information content (AvgIpc) is 3.11. The molecule has 0 fully saturated rings. The predicted octanol–water partition coefficient (Wildman–Crippen LogP) is 1.84. The van der Waals surface area contributed by atoms with E-state index in [0.29, 0.717) is 0 Å². The van der Waals surface area contributed by atoms with Gasteiger partial charge < -0.3 is 9.88 Å². The van der Waals surface area contributed by atoms with E-state index in [1.165, 1.54) is 0 Å². The predicted molar refractivity (Wildman–Crippen MR) is 77.7 cm³/mol. The SMILES string of the molecule is CNCc1nccn1Cc1ccn(-c2ccccc2)n1. The van der Waals surface area contributed by atoms with E-state index in [1.807, 2.05) is 66.7 Å². The normalized spacial score (nSPS) is 10.8. The first-order valence-electron chi connectivity index (χ1n) is 6.61. The van der Waals surface area contributed by atoms with Crippen LogP contribution in [0.1, 0.15) is 11.5 Å². The van der Waals surface area contributed by atoms with E-state index in [9.17, 15) is 0 Å². The number of hydrogen-bond acceptors (Lipinski definition) is 3. The van der Waals surface area contributed by atoms with Crippen LogP contribution in [0.5, 0.6) is 0 Å². The maximum Gasteiger partial charge on any atom is 0.123 e. The summed E-state index contributed by atoms with van der Waals surface area (Å²) in [6.07, 6.45) is 5.79. The summed E-state index contributed by atoms with van der Waals surface area (Å²) in [4.78, 5) is 4.33. The number of imidazole rings is 1. The minimum atomic E-state index is 0.733. The molecule has 1 aromatic carbocycles. The highest BCUT2D eigenvalue weighted by atomic mass is 15.3. The van der Waals surface area contributed by atoms with Gasteiger partial charge in [0.15, 0.2) is 0 Å². The Kier molecular flexibility index (Phi) is 3.60. The summed E-state index contributed by atoms with van der Waals surface area (Å²) in [5, 5.41) is 7.72. The lowest BCUT2D eigenvalue weighted by Gasteiger charge is -2.05. The monoisotopic (exact) mass is 267 g/mol. The molecule has 0 spiro atoms. The topological polar surface area (TPSA) is 47.7 Å². The molecule has 0 radical (unpaired) electrons. The number of rotatable bonds is 5. The van der Waals surface area contributed by atoms with E-state index in [2.05, 4.69) is 20.0 Å². The molecule has 0 aliphatic rings. The third-order valence-electron chi connectivity index (χ3n) is 3.13. The smallest absolute Gasteiger partial charge is 0.123 e. The van der Waals surface area contributed by atoms with Gasteiger partial charge in [-0.25, -0.2) is 9.67 Å². The summed E-state index contributed by atoms with van der Waals surface area (Å²) in [6, 6.07) is 12.1. The van der Waals surface area contributed by atoms with Crippen LogP contribution < -0.4 is 5.32 Å². The zero-order chi connectivity index (χ0) is 13.8. The van der Waals surface area contributed by atoms with Crippen LogP contribution in [-0.4, -0.2) is 26.4 Å². The molecule has 5 heteroatoms. The molecule has 0 amide bonds. The zero-order valence-electron chi connectivity index (χ0n) is 11.4. The molecule has 0 saturated carbocycles. The average molecular weight is 267 g/mol. The van der Waals surface area contributed by atoms with Crippen molar-refractivity contribution in [3.63, 3.8) is 0 Å². The highest BCUT2D eigenvalue weighted by Gasteiger charge is 2.05. The van der Waals surface area contributed by atoms with Gasteiger partial charge in [-0.15, -0.1) is 0 Å². The molecule has 0 aliphatic carbocycles. The fourth-order valence-electron chi connectivity index (χ4n) is 2.15. The molecule has 0 unspecified atom stereocenters. The van der Waals surface area contributed by atoms with Gasteiger partial charge in [0.25, 0.3) is 0 Å². The van der Waals surface area contributed by atoms with Crippen LogP contribution in [0.25, 0.3) is 5.69 Å². The quantitative estimate of drug-likeness (QED) is 0.767. The van der Waals surface area contributed by atoms with Crippen LogP contribution in [0.3, 0.4) is 0 Å². The van der Waals surface area contributed by atoms with Crippen LogP contribution in [-0.2, 0) is 13.1 Å². The molecule has 3 aromatic rings.